The number of benzene rings is 8. The number of furan rings is 1. The third-order valence-corrected chi connectivity index (χ3v) is 11.6. The molecule has 52 heavy (non-hydrogen) atoms. The maximum Gasteiger partial charge on any atom is 0.159 e. The number of hydrogen-bond acceptors (Lipinski definition) is 3. The van der Waals surface area contributed by atoms with Gasteiger partial charge < -0.3 is 13.9 Å². The second-order valence-corrected chi connectivity index (χ2v) is 14.3. The third-order valence-electron chi connectivity index (χ3n) is 10.4. The van der Waals surface area contributed by atoms with Crippen LogP contribution in [-0.4, -0.2) is 4.57 Å². The lowest BCUT2D eigenvalue weighted by molar-refractivity contribution is 0.669. The Hall–Kier alpha value is -6.62. The minimum atomic E-state index is 0.871. The van der Waals surface area contributed by atoms with Crippen LogP contribution in [0.3, 0.4) is 0 Å². The maximum absolute atomic E-state index is 6.76. The average Bonchev–Trinajstić information content (AvgIpc) is 3.89. The van der Waals surface area contributed by atoms with Crippen LogP contribution in [0.4, 0.5) is 17.1 Å². The Morgan fingerprint density at radius 2 is 1.17 bits per heavy atom. The van der Waals surface area contributed by atoms with Crippen molar-refractivity contribution >= 4 is 92.3 Å². The highest BCUT2D eigenvalue weighted by atomic mass is 32.1. The summed E-state index contributed by atoms with van der Waals surface area (Å²) >= 11 is 1.86. The molecular weight excluding hydrogens is 653 g/mol. The van der Waals surface area contributed by atoms with Crippen molar-refractivity contribution in [2.24, 2.45) is 0 Å². The molecule has 0 radical (unpaired) electrons. The van der Waals surface area contributed by atoms with Gasteiger partial charge in [0.05, 0.1) is 22.4 Å². The fourth-order valence-corrected chi connectivity index (χ4v) is 9.37. The summed E-state index contributed by atoms with van der Waals surface area (Å²) in [4.78, 5) is 2.43. The molecule has 0 bridgehead atoms. The van der Waals surface area contributed by atoms with Crippen molar-refractivity contribution < 1.29 is 4.42 Å². The average molecular weight is 683 g/mol. The van der Waals surface area contributed by atoms with Crippen LogP contribution in [0.1, 0.15) is 0 Å². The fraction of sp³-hybridized carbons (Fsp3) is 0. The molecule has 11 aromatic rings. The lowest BCUT2D eigenvalue weighted by Crippen LogP contribution is -2.11. The van der Waals surface area contributed by atoms with E-state index >= 15 is 0 Å². The first-order chi connectivity index (χ1) is 25.8. The zero-order valence-corrected chi connectivity index (χ0v) is 28.8. The van der Waals surface area contributed by atoms with Crippen LogP contribution < -0.4 is 4.90 Å². The number of para-hydroxylation sites is 4. The van der Waals surface area contributed by atoms with Gasteiger partial charge in [0.2, 0.25) is 0 Å². The van der Waals surface area contributed by atoms with Crippen LogP contribution in [0.5, 0.6) is 0 Å². The van der Waals surface area contributed by atoms with Crippen LogP contribution >= 0.6 is 11.3 Å². The molecule has 0 aliphatic carbocycles. The van der Waals surface area contributed by atoms with Gasteiger partial charge in [0.25, 0.3) is 0 Å². The number of hydrogen-bond donors (Lipinski definition) is 0. The minimum Gasteiger partial charge on any atom is -0.454 e. The minimum absolute atomic E-state index is 0.871. The first-order valence-corrected chi connectivity index (χ1v) is 18.4. The fourth-order valence-electron chi connectivity index (χ4n) is 8.11. The smallest absolute Gasteiger partial charge is 0.159 e. The Morgan fingerprint density at radius 1 is 0.481 bits per heavy atom. The molecule has 0 saturated heterocycles. The largest absolute Gasteiger partial charge is 0.454 e. The molecule has 0 N–H and O–H groups in total. The van der Waals surface area contributed by atoms with Crippen molar-refractivity contribution in [3.05, 3.63) is 182 Å². The van der Waals surface area contributed by atoms with Gasteiger partial charge in [0.1, 0.15) is 5.58 Å². The predicted octanol–water partition coefficient (Wildman–Crippen LogP) is 14.2. The van der Waals surface area contributed by atoms with Crippen molar-refractivity contribution in [2.45, 2.75) is 0 Å². The van der Waals surface area contributed by atoms with E-state index in [2.05, 4.69) is 185 Å². The van der Waals surface area contributed by atoms with Crippen LogP contribution in [0, 0.1) is 0 Å². The number of nitrogens with zero attached hydrogens (tertiary/aromatic N) is 2. The van der Waals surface area contributed by atoms with Gasteiger partial charge in [-0.25, -0.2) is 0 Å². The molecule has 0 atom stereocenters. The van der Waals surface area contributed by atoms with Gasteiger partial charge in [0.15, 0.2) is 5.58 Å². The van der Waals surface area contributed by atoms with E-state index in [-0.39, 0.29) is 0 Å². The summed E-state index contributed by atoms with van der Waals surface area (Å²) in [6, 6.07) is 65.3. The lowest BCUT2D eigenvalue weighted by atomic mass is 10.00. The monoisotopic (exact) mass is 682 g/mol. The highest BCUT2D eigenvalue weighted by Gasteiger charge is 2.25. The molecule has 11 rings (SSSR count). The summed E-state index contributed by atoms with van der Waals surface area (Å²) < 4.78 is 11.7. The quantitative estimate of drug-likeness (QED) is 0.180. The molecule has 3 aromatic heterocycles. The number of rotatable bonds is 5. The van der Waals surface area contributed by atoms with Crippen LogP contribution in [0.15, 0.2) is 186 Å². The van der Waals surface area contributed by atoms with Crippen LogP contribution in [0.2, 0.25) is 0 Å². The Bertz CT molecular complexity index is 3130. The molecule has 0 saturated carbocycles. The van der Waals surface area contributed by atoms with Crippen molar-refractivity contribution in [1.82, 2.24) is 4.57 Å². The Labute approximate surface area is 303 Å². The van der Waals surface area contributed by atoms with Crippen molar-refractivity contribution in [3.8, 4) is 16.8 Å². The van der Waals surface area contributed by atoms with Gasteiger partial charge in [-0.05, 0) is 71.8 Å². The first-order valence-electron chi connectivity index (χ1n) is 17.6. The summed E-state index contributed by atoms with van der Waals surface area (Å²) in [5.74, 6) is 0. The first kappa shape index (κ1) is 29.1. The predicted molar refractivity (Wildman–Crippen MR) is 221 cm³/mol. The van der Waals surface area contributed by atoms with E-state index in [1.54, 1.807) is 0 Å². The summed E-state index contributed by atoms with van der Waals surface area (Å²) in [5.41, 5.74) is 10.9. The number of anilines is 3. The SMILES string of the molecule is c1ccc(-c2ccc(N(c3ccc4c(c3)c3ccccc3n4-c3ccccc3)c3cccc4c3oc3ccccc34)c3c2sc2ccccc23)cc1. The number of aromatic nitrogens is 1. The molecule has 0 unspecified atom stereocenters. The summed E-state index contributed by atoms with van der Waals surface area (Å²) in [7, 11) is 0. The molecular formula is C48H30N2OS. The van der Waals surface area contributed by atoms with Gasteiger partial charge in [-0.15, -0.1) is 11.3 Å². The molecule has 0 aliphatic heterocycles. The standard InChI is InChI=1S/C48H30N2OS/c1-3-14-31(15-4-1)34-27-29-42(46-38-20-9-12-25-45(38)52-48(34)46)50(43-23-13-21-37-36-19-8-11-24-44(36)51-47(37)43)33-26-28-41-39(30-33)35-18-7-10-22-40(35)49(41)32-16-5-2-6-17-32/h1-30H. The summed E-state index contributed by atoms with van der Waals surface area (Å²) in [6.07, 6.45) is 0. The van der Waals surface area contributed by atoms with Crippen LogP contribution in [0.25, 0.3) is 80.7 Å². The molecule has 3 heterocycles. The topological polar surface area (TPSA) is 21.3 Å². The molecule has 244 valence electrons. The lowest BCUT2D eigenvalue weighted by Gasteiger charge is -2.27. The second kappa shape index (κ2) is 11.5. The summed E-state index contributed by atoms with van der Waals surface area (Å²) in [5, 5.41) is 7.13. The van der Waals surface area contributed by atoms with E-state index in [1.807, 2.05) is 17.4 Å². The second-order valence-electron chi connectivity index (χ2n) is 13.3. The number of fused-ring (bicyclic) bond motifs is 9. The molecule has 0 amide bonds. The van der Waals surface area contributed by atoms with E-state index in [1.165, 1.54) is 53.1 Å². The van der Waals surface area contributed by atoms with Gasteiger partial charge in [-0.3, -0.25) is 0 Å². The zero-order valence-electron chi connectivity index (χ0n) is 28.0. The van der Waals surface area contributed by atoms with E-state index in [4.69, 9.17) is 4.42 Å². The summed E-state index contributed by atoms with van der Waals surface area (Å²) in [6.45, 7) is 0. The van der Waals surface area contributed by atoms with Crippen molar-refractivity contribution in [1.29, 1.82) is 0 Å². The molecule has 0 aliphatic rings. The number of thiophene rings is 1. The Kier molecular flexibility index (Phi) is 6.42. The Balaban J connectivity index is 1.25. The van der Waals surface area contributed by atoms with E-state index in [0.717, 1.165) is 44.7 Å². The zero-order chi connectivity index (χ0) is 34.2. The van der Waals surface area contributed by atoms with Crippen LogP contribution in [-0.2, 0) is 0 Å². The van der Waals surface area contributed by atoms with E-state index in [0.29, 0.717) is 0 Å². The molecule has 0 fully saturated rings. The molecule has 8 aromatic carbocycles. The highest BCUT2D eigenvalue weighted by molar-refractivity contribution is 7.26. The normalized spacial score (nSPS) is 11.8. The highest BCUT2D eigenvalue weighted by Crippen LogP contribution is 2.50. The molecule has 4 heteroatoms. The van der Waals surface area contributed by atoms with Crippen molar-refractivity contribution in [2.75, 3.05) is 4.90 Å². The maximum atomic E-state index is 6.76. The molecule has 0 spiro atoms. The van der Waals surface area contributed by atoms with Crippen molar-refractivity contribution in [3.63, 3.8) is 0 Å². The Morgan fingerprint density at radius 3 is 2.04 bits per heavy atom. The van der Waals surface area contributed by atoms with E-state index in [9.17, 15) is 0 Å². The van der Waals surface area contributed by atoms with E-state index < -0.39 is 0 Å². The van der Waals surface area contributed by atoms with Gasteiger partial charge >= 0.3 is 0 Å². The third kappa shape index (κ3) is 4.31. The van der Waals surface area contributed by atoms with Gasteiger partial charge in [0, 0.05) is 53.1 Å². The van der Waals surface area contributed by atoms with Gasteiger partial charge in [-0.1, -0.05) is 121 Å². The van der Waals surface area contributed by atoms with Gasteiger partial charge in [-0.2, -0.15) is 0 Å². The molecule has 3 nitrogen and oxygen atoms in total.